The zero-order chi connectivity index (χ0) is 11.9. The number of aromatic nitrogens is 2. The Balaban J connectivity index is 1.94. The molecule has 0 N–H and O–H groups in total. The maximum absolute atomic E-state index is 5.73. The Morgan fingerprint density at radius 2 is 2.06 bits per heavy atom. The number of thiophene rings is 1. The molecule has 0 saturated heterocycles. The molecule has 4 rings (SSSR count). The molecule has 0 aliphatic rings. The van der Waals surface area contributed by atoms with Gasteiger partial charge in [-0.2, -0.15) is 0 Å². The van der Waals surface area contributed by atoms with Gasteiger partial charge in [-0.25, -0.2) is 9.97 Å². The minimum absolute atomic E-state index is 0.665. The van der Waals surface area contributed by atoms with Crippen molar-refractivity contribution in [3.8, 4) is 11.3 Å². The Bertz CT molecular complexity index is 814. The first kappa shape index (κ1) is 9.79. The van der Waals surface area contributed by atoms with Crippen LogP contribution < -0.4 is 0 Å². The minimum atomic E-state index is 0.665. The number of hydrogen-bond acceptors (Lipinski definition) is 4. The molecule has 3 nitrogen and oxygen atoms in total. The van der Waals surface area contributed by atoms with Gasteiger partial charge in [0.1, 0.15) is 10.6 Å². The molecule has 4 aromatic rings. The van der Waals surface area contributed by atoms with Crippen molar-refractivity contribution in [1.82, 2.24) is 9.97 Å². The van der Waals surface area contributed by atoms with E-state index in [0.29, 0.717) is 5.71 Å². The first-order valence-electron chi connectivity index (χ1n) is 5.58. The third-order valence-electron chi connectivity index (χ3n) is 2.88. The first-order chi connectivity index (χ1) is 8.90. The molecule has 86 valence electrons. The van der Waals surface area contributed by atoms with Crippen LogP contribution >= 0.6 is 11.3 Å². The number of rotatable bonds is 1. The Morgan fingerprint density at radius 1 is 1.06 bits per heavy atom. The molecule has 0 fully saturated rings. The summed E-state index contributed by atoms with van der Waals surface area (Å²) in [5.41, 5.74) is 1.65. The molecule has 0 aromatic carbocycles. The summed E-state index contributed by atoms with van der Waals surface area (Å²) >= 11 is 1.64. The quantitative estimate of drug-likeness (QED) is 0.512. The number of hydrogen-bond donors (Lipinski definition) is 0. The highest BCUT2D eigenvalue weighted by molar-refractivity contribution is 7.16. The molecule has 0 saturated carbocycles. The van der Waals surface area contributed by atoms with Crippen LogP contribution in [0.25, 0.3) is 32.6 Å². The molecule has 0 spiro atoms. The maximum atomic E-state index is 5.73. The van der Waals surface area contributed by atoms with Crippen LogP contribution in [0.1, 0.15) is 0 Å². The summed E-state index contributed by atoms with van der Waals surface area (Å²) in [4.78, 5) is 9.67. The van der Waals surface area contributed by atoms with Crippen molar-refractivity contribution in [3.63, 3.8) is 0 Å². The van der Waals surface area contributed by atoms with Crippen LogP contribution in [-0.4, -0.2) is 9.97 Å². The third kappa shape index (κ3) is 1.43. The van der Waals surface area contributed by atoms with Crippen molar-refractivity contribution < 1.29 is 4.42 Å². The van der Waals surface area contributed by atoms with E-state index in [1.54, 1.807) is 17.5 Å². The fourth-order valence-electron chi connectivity index (χ4n) is 2.01. The number of fused-ring (bicyclic) bond motifs is 2. The second-order valence-electron chi connectivity index (χ2n) is 4.05. The monoisotopic (exact) mass is 252 g/mol. The molecule has 18 heavy (non-hydrogen) atoms. The van der Waals surface area contributed by atoms with Gasteiger partial charge in [-0.3, -0.25) is 0 Å². The second kappa shape index (κ2) is 3.65. The van der Waals surface area contributed by atoms with E-state index in [9.17, 15) is 0 Å². The average Bonchev–Trinajstić information content (AvgIpc) is 3.04. The van der Waals surface area contributed by atoms with Crippen LogP contribution in [0, 0.1) is 0 Å². The Labute approximate surface area is 107 Å². The molecule has 0 atom stereocenters. The van der Waals surface area contributed by atoms with Gasteiger partial charge in [-0.05, 0) is 35.7 Å². The van der Waals surface area contributed by atoms with Gasteiger partial charge in [0.05, 0.1) is 0 Å². The molecule has 0 aliphatic carbocycles. The highest BCUT2D eigenvalue weighted by atomic mass is 32.1. The van der Waals surface area contributed by atoms with Gasteiger partial charge >= 0.3 is 0 Å². The molecule has 4 heterocycles. The fraction of sp³-hybridized carbons (Fsp3) is 0. The van der Waals surface area contributed by atoms with E-state index in [1.165, 1.54) is 0 Å². The molecule has 4 aromatic heterocycles. The Kier molecular flexibility index (Phi) is 1.98. The number of furan rings is 1. The summed E-state index contributed by atoms with van der Waals surface area (Å²) in [5.74, 6) is 0.810. The van der Waals surface area contributed by atoms with Gasteiger partial charge in [0.15, 0.2) is 0 Å². The normalized spacial score (nSPS) is 11.3. The fourth-order valence-corrected chi connectivity index (χ4v) is 2.73. The van der Waals surface area contributed by atoms with E-state index in [2.05, 4.69) is 22.1 Å². The van der Waals surface area contributed by atoms with Crippen molar-refractivity contribution in [1.29, 1.82) is 0 Å². The predicted octanol–water partition coefficient (Wildman–Crippen LogP) is 4.10. The smallest absolute Gasteiger partial charge is 0.226 e. The van der Waals surface area contributed by atoms with Crippen LogP contribution in [0.2, 0.25) is 0 Å². The standard InChI is InChI=1S/C14H8N2OS/c1-2-9-7-12(17-13(9)15-4-1)11-6-10-3-5-18-14(10)16-8-11/h1-8H. The van der Waals surface area contributed by atoms with Gasteiger partial charge in [0, 0.05) is 28.7 Å². The number of pyridine rings is 2. The van der Waals surface area contributed by atoms with Crippen molar-refractivity contribution in [2.24, 2.45) is 0 Å². The molecule has 0 unspecified atom stereocenters. The van der Waals surface area contributed by atoms with Crippen molar-refractivity contribution in [2.75, 3.05) is 0 Å². The van der Waals surface area contributed by atoms with E-state index in [0.717, 1.165) is 26.9 Å². The van der Waals surface area contributed by atoms with Crippen LogP contribution in [0.15, 0.2) is 52.5 Å². The van der Waals surface area contributed by atoms with Gasteiger partial charge in [0.2, 0.25) is 5.71 Å². The van der Waals surface area contributed by atoms with Gasteiger partial charge in [-0.15, -0.1) is 11.3 Å². The predicted molar refractivity (Wildman–Crippen MR) is 72.6 cm³/mol. The first-order valence-corrected chi connectivity index (χ1v) is 6.46. The van der Waals surface area contributed by atoms with Crippen LogP contribution in [0.5, 0.6) is 0 Å². The SMILES string of the molecule is c1cnc2oc(-c3cnc4sccc4c3)cc2c1. The number of nitrogens with zero attached hydrogens (tertiary/aromatic N) is 2. The Hall–Kier alpha value is -2.20. The zero-order valence-electron chi connectivity index (χ0n) is 9.33. The molecule has 0 amide bonds. The summed E-state index contributed by atoms with van der Waals surface area (Å²) in [6.45, 7) is 0. The molecule has 0 radical (unpaired) electrons. The van der Waals surface area contributed by atoms with E-state index >= 15 is 0 Å². The third-order valence-corrected chi connectivity index (χ3v) is 3.72. The van der Waals surface area contributed by atoms with Crippen molar-refractivity contribution in [2.45, 2.75) is 0 Å². The lowest BCUT2D eigenvalue weighted by atomic mass is 10.2. The van der Waals surface area contributed by atoms with Crippen LogP contribution in [0.4, 0.5) is 0 Å². The van der Waals surface area contributed by atoms with Crippen molar-refractivity contribution >= 4 is 32.7 Å². The minimum Gasteiger partial charge on any atom is -0.438 e. The summed E-state index contributed by atoms with van der Waals surface area (Å²) in [7, 11) is 0. The van der Waals surface area contributed by atoms with Crippen molar-refractivity contribution in [3.05, 3.63) is 48.1 Å². The summed E-state index contributed by atoms with van der Waals surface area (Å²) in [5, 5.41) is 4.20. The van der Waals surface area contributed by atoms with Gasteiger partial charge in [-0.1, -0.05) is 0 Å². The summed E-state index contributed by atoms with van der Waals surface area (Å²) in [6.07, 6.45) is 3.58. The molecular weight excluding hydrogens is 244 g/mol. The highest BCUT2D eigenvalue weighted by Crippen LogP contribution is 2.29. The topological polar surface area (TPSA) is 38.9 Å². The maximum Gasteiger partial charge on any atom is 0.226 e. The zero-order valence-corrected chi connectivity index (χ0v) is 10.1. The summed E-state index contributed by atoms with van der Waals surface area (Å²) < 4.78 is 5.73. The van der Waals surface area contributed by atoms with E-state index in [4.69, 9.17) is 4.42 Å². The largest absolute Gasteiger partial charge is 0.438 e. The van der Waals surface area contributed by atoms with Crippen LogP contribution in [0.3, 0.4) is 0 Å². The lowest BCUT2D eigenvalue weighted by Gasteiger charge is -1.95. The Morgan fingerprint density at radius 3 is 3.00 bits per heavy atom. The highest BCUT2D eigenvalue weighted by Gasteiger charge is 2.08. The molecule has 4 heteroatoms. The van der Waals surface area contributed by atoms with E-state index < -0.39 is 0 Å². The lowest BCUT2D eigenvalue weighted by molar-refractivity contribution is 0.618. The molecule has 0 bridgehead atoms. The van der Waals surface area contributed by atoms with Gasteiger partial charge < -0.3 is 4.42 Å². The van der Waals surface area contributed by atoms with E-state index in [-0.39, 0.29) is 0 Å². The average molecular weight is 252 g/mol. The van der Waals surface area contributed by atoms with Crippen LogP contribution in [-0.2, 0) is 0 Å². The molecule has 0 aliphatic heterocycles. The van der Waals surface area contributed by atoms with Gasteiger partial charge in [0.25, 0.3) is 0 Å². The lowest BCUT2D eigenvalue weighted by Crippen LogP contribution is -1.76. The van der Waals surface area contributed by atoms with E-state index in [1.807, 2.05) is 29.8 Å². The molecular formula is C14H8N2OS. The summed E-state index contributed by atoms with van der Waals surface area (Å²) in [6, 6.07) is 10.1. The second-order valence-corrected chi connectivity index (χ2v) is 4.94.